The molecule has 104 valence electrons. The third-order valence-corrected chi connectivity index (χ3v) is 3.10. The van der Waals surface area contributed by atoms with Gasteiger partial charge in [-0.3, -0.25) is 0 Å². The predicted molar refractivity (Wildman–Crippen MR) is 76.1 cm³/mol. The first-order valence-corrected chi connectivity index (χ1v) is 6.72. The second-order valence-electron chi connectivity index (χ2n) is 3.85. The lowest BCUT2D eigenvalue weighted by molar-refractivity contribution is -0.131. The van der Waals surface area contributed by atoms with Gasteiger partial charge in [0.2, 0.25) is 0 Å². The molecule has 0 radical (unpaired) electrons. The average molecular weight is 291 g/mol. The van der Waals surface area contributed by atoms with Gasteiger partial charge in [0.25, 0.3) is 0 Å². The van der Waals surface area contributed by atoms with Gasteiger partial charge in [-0.1, -0.05) is 6.07 Å². The molecule has 1 aromatic heterocycles. The summed E-state index contributed by atoms with van der Waals surface area (Å²) in [5.74, 6) is 0.145. The lowest BCUT2D eigenvalue weighted by Gasteiger charge is -2.10. The summed E-state index contributed by atoms with van der Waals surface area (Å²) >= 11 is 1.50. The van der Waals surface area contributed by atoms with E-state index >= 15 is 0 Å². The molecule has 0 bridgehead atoms. The molecule has 0 atom stereocenters. The fourth-order valence-corrected chi connectivity index (χ4v) is 2.08. The number of hydrogen-bond acceptors (Lipinski definition) is 5. The van der Waals surface area contributed by atoms with E-state index in [2.05, 4.69) is 4.98 Å². The number of carbonyl (C=O) groups is 1. The minimum Gasteiger partial charge on any atom is -0.493 e. The normalized spacial score (nSPS) is 10.7. The van der Waals surface area contributed by atoms with Gasteiger partial charge in [0, 0.05) is 11.5 Å². The molecule has 0 aliphatic heterocycles. The van der Waals surface area contributed by atoms with Crippen molar-refractivity contribution in [3.8, 4) is 11.5 Å². The van der Waals surface area contributed by atoms with Gasteiger partial charge in [-0.15, -0.1) is 11.3 Å². The number of ether oxygens (including phenoxy) is 2. The number of rotatable bonds is 6. The van der Waals surface area contributed by atoms with E-state index in [-0.39, 0.29) is 0 Å². The van der Waals surface area contributed by atoms with Crippen molar-refractivity contribution in [2.75, 3.05) is 7.11 Å². The Morgan fingerprint density at radius 3 is 2.95 bits per heavy atom. The summed E-state index contributed by atoms with van der Waals surface area (Å²) in [5, 5.41) is 10.5. The highest BCUT2D eigenvalue weighted by molar-refractivity contribution is 7.07. The van der Waals surface area contributed by atoms with Crippen molar-refractivity contribution in [1.29, 1.82) is 0 Å². The van der Waals surface area contributed by atoms with Crippen LogP contribution in [0, 0.1) is 0 Å². The SMILES string of the molecule is COc1ccc(C=CC(=O)O)cc1OCc1cscn1. The van der Waals surface area contributed by atoms with Crippen LogP contribution in [0.15, 0.2) is 35.2 Å². The first-order valence-electron chi connectivity index (χ1n) is 5.78. The summed E-state index contributed by atoms with van der Waals surface area (Å²) in [6.07, 6.45) is 2.57. The Hall–Kier alpha value is -2.34. The number of nitrogens with zero attached hydrogens (tertiary/aromatic N) is 1. The van der Waals surface area contributed by atoms with Gasteiger partial charge in [0.05, 0.1) is 18.3 Å². The lowest BCUT2D eigenvalue weighted by atomic mass is 10.2. The maximum Gasteiger partial charge on any atom is 0.328 e. The molecule has 0 aliphatic carbocycles. The topological polar surface area (TPSA) is 68.7 Å². The Kier molecular flexibility index (Phi) is 4.73. The summed E-state index contributed by atoms with van der Waals surface area (Å²) in [7, 11) is 1.55. The van der Waals surface area contributed by atoms with E-state index in [0.29, 0.717) is 18.1 Å². The fourth-order valence-electron chi connectivity index (χ4n) is 1.54. The van der Waals surface area contributed by atoms with E-state index in [1.54, 1.807) is 30.8 Å². The molecule has 6 heteroatoms. The summed E-state index contributed by atoms with van der Waals surface area (Å²) in [6, 6.07) is 5.22. The number of carboxylic acids is 1. The molecule has 1 aromatic carbocycles. The van der Waals surface area contributed by atoms with Gasteiger partial charge in [-0.05, 0) is 23.8 Å². The summed E-state index contributed by atoms with van der Waals surface area (Å²) in [6.45, 7) is 0.339. The number of aliphatic carboxylic acids is 1. The maximum absolute atomic E-state index is 10.5. The molecule has 2 aromatic rings. The molecule has 0 saturated carbocycles. The van der Waals surface area contributed by atoms with Crippen LogP contribution >= 0.6 is 11.3 Å². The molecule has 0 aliphatic rings. The van der Waals surface area contributed by atoms with Gasteiger partial charge in [-0.2, -0.15) is 0 Å². The first kappa shape index (κ1) is 14.1. The van der Waals surface area contributed by atoms with Crippen LogP contribution in [0.3, 0.4) is 0 Å². The Bertz CT molecular complexity index is 608. The Morgan fingerprint density at radius 2 is 2.30 bits per heavy atom. The van der Waals surface area contributed by atoms with E-state index in [1.165, 1.54) is 17.4 Å². The molecule has 1 N–H and O–H groups in total. The highest BCUT2D eigenvalue weighted by atomic mass is 32.1. The minimum absolute atomic E-state index is 0.339. The van der Waals surface area contributed by atoms with Crippen molar-refractivity contribution >= 4 is 23.4 Å². The third-order valence-electron chi connectivity index (χ3n) is 2.47. The molecule has 2 rings (SSSR count). The van der Waals surface area contributed by atoms with Crippen molar-refractivity contribution in [3.05, 3.63) is 46.4 Å². The number of aromatic nitrogens is 1. The monoisotopic (exact) mass is 291 g/mol. The Morgan fingerprint density at radius 1 is 1.45 bits per heavy atom. The first-order chi connectivity index (χ1) is 9.69. The van der Waals surface area contributed by atoms with E-state index in [1.807, 2.05) is 5.38 Å². The quantitative estimate of drug-likeness (QED) is 0.829. The molecule has 0 amide bonds. The summed E-state index contributed by atoms with van der Waals surface area (Å²) < 4.78 is 10.9. The Labute approximate surface area is 120 Å². The highest BCUT2D eigenvalue weighted by Gasteiger charge is 2.06. The van der Waals surface area contributed by atoms with E-state index < -0.39 is 5.97 Å². The largest absolute Gasteiger partial charge is 0.493 e. The zero-order valence-electron chi connectivity index (χ0n) is 10.8. The lowest BCUT2D eigenvalue weighted by Crippen LogP contribution is -1.98. The van der Waals surface area contributed by atoms with Gasteiger partial charge < -0.3 is 14.6 Å². The molecule has 0 unspecified atom stereocenters. The van der Waals surface area contributed by atoms with E-state index in [4.69, 9.17) is 14.6 Å². The molecule has 1 heterocycles. The van der Waals surface area contributed by atoms with Crippen molar-refractivity contribution < 1.29 is 19.4 Å². The number of carboxylic acid groups (broad SMARTS) is 1. The number of methoxy groups -OCH3 is 1. The van der Waals surface area contributed by atoms with Gasteiger partial charge >= 0.3 is 5.97 Å². The molecular weight excluding hydrogens is 278 g/mol. The second-order valence-corrected chi connectivity index (χ2v) is 4.57. The van der Waals surface area contributed by atoms with Crippen LogP contribution in [0.1, 0.15) is 11.3 Å². The number of thiazole rings is 1. The standard InChI is InChI=1S/C14H13NO4S/c1-18-12-4-2-10(3-5-14(16)17)6-13(12)19-7-11-8-20-9-15-11/h2-6,8-9H,7H2,1H3,(H,16,17). The molecular formula is C14H13NO4S. The Balaban J connectivity index is 2.15. The molecule has 0 spiro atoms. The molecule has 0 fully saturated rings. The van der Waals surface area contributed by atoms with Crippen LogP contribution in [0.4, 0.5) is 0 Å². The maximum atomic E-state index is 10.5. The van der Waals surface area contributed by atoms with Gasteiger partial charge in [0.1, 0.15) is 6.61 Å². The zero-order chi connectivity index (χ0) is 14.4. The van der Waals surface area contributed by atoms with Crippen molar-refractivity contribution in [2.45, 2.75) is 6.61 Å². The van der Waals surface area contributed by atoms with Gasteiger partial charge in [0.15, 0.2) is 11.5 Å². The average Bonchev–Trinajstić information content (AvgIpc) is 2.96. The summed E-state index contributed by atoms with van der Waals surface area (Å²) in [4.78, 5) is 14.6. The summed E-state index contributed by atoms with van der Waals surface area (Å²) in [5.41, 5.74) is 3.30. The predicted octanol–water partition coefficient (Wildman–Crippen LogP) is 2.83. The van der Waals surface area contributed by atoms with Crippen LogP contribution < -0.4 is 9.47 Å². The van der Waals surface area contributed by atoms with Crippen LogP contribution in [-0.2, 0) is 11.4 Å². The van der Waals surface area contributed by atoms with Crippen LogP contribution in [0.25, 0.3) is 6.08 Å². The van der Waals surface area contributed by atoms with Crippen LogP contribution in [0.2, 0.25) is 0 Å². The number of benzene rings is 1. The highest BCUT2D eigenvalue weighted by Crippen LogP contribution is 2.29. The second kappa shape index (κ2) is 6.72. The fraction of sp³-hybridized carbons (Fsp3) is 0.143. The van der Waals surface area contributed by atoms with Crippen molar-refractivity contribution in [2.24, 2.45) is 0 Å². The number of hydrogen-bond donors (Lipinski definition) is 1. The molecule has 20 heavy (non-hydrogen) atoms. The third kappa shape index (κ3) is 3.83. The van der Waals surface area contributed by atoms with Crippen molar-refractivity contribution in [1.82, 2.24) is 4.98 Å². The van der Waals surface area contributed by atoms with Gasteiger partial charge in [-0.25, -0.2) is 9.78 Å². The van der Waals surface area contributed by atoms with Crippen LogP contribution in [-0.4, -0.2) is 23.2 Å². The smallest absolute Gasteiger partial charge is 0.328 e. The zero-order valence-corrected chi connectivity index (χ0v) is 11.6. The van der Waals surface area contributed by atoms with E-state index in [0.717, 1.165) is 17.3 Å². The molecule has 0 saturated heterocycles. The van der Waals surface area contributed by atoms with E-state index in [9.17, 15) is 4.79 Å². The van der Waals surface area contributed by atoms with Crippen LogP contribution in [0.5, 0.6) is 11.5 Å². The minimum atomic E-state index is -0.995. The molecule has 5 nitrogen and oxygen atoms in total. The van der Waals surface area contributed by atoms with Crippen molar-refractivity contribution in [3.63, 3.8) is 0 Å².